The van der Waals surface area contributed by atoms with Crippen molar-refractivity contribution in [3.8, 4) is 6.07 Å². The number of hydrogen-bond donors (Lipinski definition) is 1. The zero-order valence-electron chi connectivity index (χ0n) is 8.46. The second-order valence-corrected chi connectivity index (χ2v) is 4.14. The first-order chi connectivity index (χ1) is 7.40. The van der Waals surface area contributed by atoms with Gasteiger partial charge in [-0.3, -0.25) is 0 Å². The van der Waals surface area contributed by atoms with Gasteiger partial charge < -0.3 is 4.98 Å². The molecule has 1 heterocycles. The fourth-order valence-corrected chi connectivity index (χ4v) is 2.54. The lowest BCUT2D eigenvalue weighted by molar-refractivity contribution is 0.629. The number of nitriles is 1. The molecule has 0 aliphatic heterocycles. The summed E-state index contributed by atoms with van der Waals surface area (Å²) < 4.78 is 0. The Hall–Kier alpha value is -1.75. The Kier molecular flexibility index (Phi) is 1.78. The minimum absolute atomic E-state index is 0.0705. The van der Waals surface area contributed by atoms with E-state index in [0.717, 1.165) is 25.0 Å². The van der Waals surface area contributed by atoms with Gasteiger partial charge in [-0.2, -0.15) is 5.26 Å². The van der Waals surface area contributed by atoms with Crippen molar-refractivity contribution in [1.29, 1.82) is 5.26 Å². The molecule has 0 bridgehead atoms. The molecular formula is C13H12N2. The minimum atomic E-state index is 0.0705. The molecule has 74 valence electrons. The summed E-state index contributed by atoms with van der Waals surface area (Å²) in [6, 6.07) is 10.7. The molecule has 15 heavy (non-hydrogen) atoms. The number of rotatable bonds is 0. The Morgan fingerprint density at radius 3 is 3.07 bits per heavy atom. The highest BCUT2D eigenvalue weighted by atomic mass is 14.7. The maximum Gasteiger partial charge on any atom is 0.0865 e. The Bertz CT molecular complexity index is 545. The number of nitrogens with zero attached hydrogens (tertiary/aromatic N) is 1. The molecule has 0 unspecified atom stereocenters. The van der Waals surface area contributed by atoms with Crippen molar-refractivity contribution in [1.82, 2.24) is 4.98 Å². The summed E-state index contributed by atoms with van der Waals surface area (Å²) >= 11 is 0. The van der Waals surface area contributed by atoms with Crippen molar-refractivity contribution < 1.29 is 0 Å². The van der Waals surface area contributed by atoms with Crippen LogP contribution in [0.3, 0.4) is 0 Å². The molecule has 2 aromatic rings. The van der Waals surface area contributed by atoms with Gasteiger partial charge in [0, 0.05) is 16.6 Å². The first-order valence-electron chi connectivity index (χ1n) is 5.39. The molecule has 0 fully saturated rings. The maximum absolute atomic E-state index is 9.09. The fraction of sp³-hybridized carbons (Fsp3) is 0.308. The summed E-state index contributed by atoms with van der Waals surface area (Å²) in [6.07, 6.45) is 3.24. The Morgan fingerprint density at radius 1 is 1.33 bits per heavy atom. The van der Waals surface area contributed by atoms with Gasteiger partial charge in [-0.1, -0.05) is 18.2 Å². The van der Waals surface area contributed by atoms with Crippen molar-refractivity contribution in [2.75, 3.05) is 0 Å². The molecule has 1 N–H and O–H groups in total. The number of H-pyrrole nitrogens is 1. The molecule has 1 aromatic heterocycles. The highest BCUT2D eigenvalue weighted by molar-refractivity contribution is 5.85. The number of para-hydroxylation sites is 1. The third kappa shape index (κ3) is 1.16. The molecule has 3 rings (SSSR count). The van der Waals surface area contributed by atoms with E-state index in [1.807, 2.05) is 6.07 Å². The lowest BCUT2D eigenvalue weighted by atomic mass is 9.88. The molecular weight excluding hydrogens is 184 g/mol. The number of fused-ring (bicyclic) bond motifs is 3. The molecule has 1 aromatic carbocycles. The molecule has 0 radical (unpaired) electrons. The van der Waals surface area contributed by atoms with Crippen LogP contribution in [0.5, 0.6) is 0 Å². The van der Waals surface area contributed by atoms with Crippen LogP contribution in [0.2, 0.25) is 0 Å². The second kappa shape index (κ2) is 3.13. The molecule has 0 saturated carbocycles. The predicted octanol–water partition coefficient (Wildman–Crippen LogP) is 3.11. The first kappa shape index (κ1) is 8.55. The zero-order valence-corrected chi connectivity index (χ0v) is 8.46. The van der Waals surface area contributed by atoms with Crippen molar-refractivity contribution in [2.45, 2.75) is 25.2 Å². The van der Waals surface area contributed by atoms with Gasteiger partial charge in [0.05, 0.1) is 12.0 Å². The van der Waals surface area contributed by atoms with Crippen LogP contribution >= 0.6 is 0 Å². The summed E-state index contributed by atoms with van der Waals surface area (Å²) in [4.78, 5) is 3.39. The average Bonchev–Trinajstić information content (AvgIpc) is 2.67. The lowest BCUT2D eigenvalue weighted by Crippen LogP contribution is -2.06. The highest BCUT2D eigenvalue weighted by Crippen LogP contribution is 2.35. The summed E-state index contributed by atoms with van der Waals surface area (Å²) in [5.74, 6) is 0.0705. The van der Waals surface area contributed by atoms with Crippen LogP contribution in [0.4, 0.5) is 0 Å². The van der Waals surface area contributed by atoms with Crippen LogP contribution in [0.1, 0.15) is 30.0 Å². The molecule has 1 atom stereocenters. The van der Waals surface area contributed by atoms with Gasteiger partial charge in [-0.15, -0.1) is 0 Å². The Labute approximate surface area is 88.5 Å². The van der Waals surface area contributed by atoms with E-state index < -0.39 is 0 Å². The third-order valence-electron chi connectivity index (χ3n) is 3.27. The molecule has 2 heteroatoms. The van der Waals surface area contributed by atoms with Crippen LogP contribution in [0.15, 0.2) is 24.3 Å². The van der Waals surface area contributed by atoms with E-state index in [1.54, 1.807) is 0 Å². The van der Waals surface area contributed by atoms with E-state index >= 15 is 0 Å². The number of hydrogen-bond acceptors (Lipinski definition) is 1. The topological polar surface area (TPSA) is 39.6 Å². The summed E-state index contributed by atoms with van der Waals surface area (Å²) in [5.41, 5.74) is 3.69. The molecule has 1 aliphatic carbocycles. The lowest BCUT2D eigenvalue weighted by Gasteiger charge is -2.16. The van der Waals surface area contributed by atoms with Gasteiger partial charge in [0.2, 0.25) is 0 Å². The Balaban J connectivity index is 2.30. The molecule has 0 spiro atoms. The van der Waals surface area contributed by atoms with E-state index in [1.165, 1.54) is 16.5 Å². The quantitative estimate of drug-likeness (QED) is 0.690. The van der Waals surface area contributed by atoms with Crippen molar-refractivity contribution in [3.05, 3.63) is 35.5 Å². The second-order valence-electron chi connectivity index (χ2n) is 4.14. The molecule has 2 nitrogen and oxygen atoms in total. The maximum atomic E-state index is 9.09. The standard InChI is InChI=1S/C13H12N2/c14-8-9-4-3-6-11-10-5-1-2-7-12(10)15-13(9)11/h1-2,5,7,9,15H,3-4,6H2/t9-/m1/s1. The van der Waals surface area contributed by atoms with Crippen LogP contribution in [-0.4, -0.2) is 4.98 Å². The van der Waals surface area contributed by atoms with Crippen molar-refractivity contribution in [2.24, 2.45) is 0 Å². The molecule has 1 aliphatic rings. The third-order valence-corrected chi connectivity index (χ3v) is 3.27. The number of benzene rings is 1. The van der Waals surface area contributed by atoms with E-state index in [4.69, 9.17) is 5.26 Å². The smallest absolute Gasteiger partial charge is 0.0865 e. The molecule has 0 saturated heterocycles. The predicted molar refractivity (Wildman–Crippen MR) is 59.6 cm³/mol. The summed E-state index contributed by atoms with van der Waals surface area (Å²) in [6.45, 7) is 0. The number of nitrogens with one attached hydrogen (secondary N) is 1. The van der Waals surface area contributed by atoms with Crippen LogP contribution in [0, 0.1) is 11.3 Å². The normalized spacial score (nSPS) is 19.8. The van der Waals surface area contributed by atoms with Crippen molar-refractivity contribution >= 4 is 10.9 Å². The van der Waals surface area contributed by atoms with Gasteiger partial charge in [-0.25, -0.2) is 0 Å². The minimum Gasteiger partial charge on any atom is -0.357 e. The van der Waals surface area contributed by atoms with E-state index in [9.17, 15) is 0 Å². The van der Waals surface area contributed by atoms with Crippen molar-refractivity contribution in [3.63, 3.8) is 0 Å². The summed E-state index contributed by atoms with van der Waals surface area (Å²) in [5, 5.41) is 10.4. The van der Waals surface area contributed by atoms with Crippen LogP contribution < -0.4 is 0 Å². The van der Waals surface area contributed by atoms with E-state index in [0.29, 0.717) is 0 Å². The Morgan fingerprint density at radius 2 is 2.20 bits per heavy atom. The highest BCUT2D eigenvalue weighted by Gasteiger charge is 2.23. The summed E-state index contributed by atoms with van der Waals surface area (Å²) in [7, 11) is 0. The van der Waals surface area contributed by atoms with Crippen LogP contribution in [-0.2, 0) is 6.42 Å². The van der Waals surface area contributed by atoms with Gasteiger partial charge in [0.1, 0.15) is 0 Å². The number of aryl methyl sites for hydroxylation is 1. The fourth-order valence-electron chi connectivity index (χ4n) is 2.54. The van der Waals surface area contributed by atoms with E-state index in [-0.39, 0.29) is 5.92 Å². The monoisotopic (exact) mass is 196 g/mol. The van der Waals surface area contributed by atoms with Gasteiger partial charge in [0.25, 0.3) is 0 Å². The average molecular weight is 196 g/mol. The first-order valence-corrected chi connectivity index (χ1v) is 5.39. The van der Waals surface area contributed by atoms with Crippen LogP contribution in [0.25, 0.3) is 10.9 Å². The number of aromatic nitrogens is 1. The van der Waals surface area contributed by atoms with Gasteiger partial charge in [0.15, 0.2) is 0 Å². The molecule has 0 amide bonds. The van der Waals surface area contributed by atoms with Gasteiger partial charge in [-0.05, 0) is 30.9 Å². The SMILES string of the molecule is N#C[C@H]1CCCc2c1[nH]c1ccccc21. The largest absolute Gasteiger partial charge is 0.357 e. The van der Waals surface area contributed by atoms with Gasteiger partial charge >= 0.3 is 0 Å². The zero-order chi connectivity index (χ0) is 10.3. The number of aromatic amines is 1. The van der Waals surface area contributed by atoms with E-state index in [2.05, 4.69) is 29.3 Å².